The fourth-order valence-corrected chi connectivity index (χ4v) is 13.1. The first-order valence-electron chi connectivity index (χ1n) is 39.1. The number of rotatable bonds is 75. The molecule has 0 heterocycles. The zero-order valence-corrected chi connectivity index (χ0v) is 62.9. The predicted octanol–water partition coefficient (Wildman–Crippen LogP) is 22.1. The van der Waals surface area contributed by atoms with Crippen LogP contribution in [0.25, 0.3) is 0 Å². The number of carbonyl (C=O) groups is 4. The third-order valence-electron chi connectivity index (χ3n) is 17.5. The van der Waals surface area contributed by atoms with Crippen molar-refractivity contribution in [3.63, 3.8) is 0 Å². The smallest absolute Gasteiger partial charge is 0.462 e. The van der Waals surface area contributed by atoms with Gasteiger partial charge in [-0.1, -0.05) is 343 Å². The van der Waals surface area contributed by atoms with E-state index in [1.165, 1.54) is 218 Å². The molecule has 0 aliphatic rings. The summed E-state index contributed by atoms with van der Waals surface area (Å²) in [7, 11) is -9.90. The molecule has 0 amide bonds. The maximum Gasteiger partial charge on any atom is 0.472 e. The number of aliphatic hydroxyl groups is 1. The molecular formula is C75H146O17P2. The van der Waals surface area contributed by atoms with Gasteiger partial charge in [0.1, 0.15) is 19.3 Å². The van der Waals surface area contributed by atoms with Crippen LogP contribution in [0.4, 0.5) is 0 Å². The van der Waals surface area contributed by atoms with E-state index in [-0.39, 0.29) is 25.7 Å². The van der Waals surface area contributed by atoms with Crippen molar-refractivity contribution in [2.45, 2.75) is 412 Å². The number of esters is 4. The van der Waals surface area contributed by atoms with Crippen molar-refractivity contribution in [2.75, 3.05) is 39.6 Å². The van der Waals surface area contributed by atoms with Crippen LogP contribution in [-0.4, -0.2) is 96.7 Å². The normalized spacial score (nSPS) is 14.0. The molecule has 0 saturated carbocycles. The van der Waals surface area contributed by atoms with Gasteiger partial charge in [0.25, 0.3) is 0 Å². The minimum absolute atomic E-state index is 0.108. The Bertz CT molecular complexity index is 1810. The SMILES string of the molecule is CCCCCCCCCCCCCCCCCCCCCCC(=O)O[C@H](COC(=O)CCCCCCCCCCCCC(C)C)COP(=O)(O)OC[C@@H](O)COP(=O)(O)OC[C@@H](COC(=O)CCCCCCCCCCC)OC(=O)CCCCCCCCCCCCCC. The molecule has 0 fully saturated rings. The van der Waals surface area contributed by atoms with Crippen LogP contribution in [0.3, 0.4) is 0 Å². The molecule has 0 saturated heterocycles. The van der Waals surface area contributed by atoms with Gasteiger partial charge >= 0.3 is 39.5 Å². The first kappa shape index (κ1) is 92.1. The van der Waals surface area contributed by atoms with E-state index in [1.54, 1.807) is 0 Å². The minimum atomic E-state index is -4.96. The topological polar surface area (TPSA) is 237 Å². The first-order valence-corrected chi connectivity index (χ1v) is 42.1. The van der Waals surface area contributed by atoms with E-state index >= 15 is 0 Å². The standard InChI is InChI=1S/C75H146O17P2/c1-6-9-12-15-18-21-23-25-26-27-28-29-30-31-32-34-41-46-51-56-61-75(80)92-71(65-86-73(78)59-54-49-44-39-36-35-38-42-47-52-57-68(4)5)67-90-94(83,84)88-63-69(76)62-87-93(81,82)89-66-70(64-85-72(77)58-53-48-43-37-20-17-14-11-8-3)91-74(79)60-55-50-45-40-33-24-22-19-16-13-10-7-2/h68-71,76H,6-67H2,1-5H3,(H,81,82)(H,83,84)/t69-,70+,71+/m0/s1. The zero-order chi connectivity index (χ0) is 69.1. The van der Waals surface area contributed by atoms with Crippen LogP contribution in [0.2, 0.25) is 0 Å². The fraction of sp³-hybridized carbons (Fsp3) is 0.947. The van der Waals surface area contributed by atoms with E-state index < -0.39 is 97.5 Å². The molecule has 3 N–H and O–H groups in total. The molecule has 19 heteroatoms. The molecular weight excluding hydrogens is 1230 g/mol. The van der Waals surface area contributed by atoms with Crippen LogP contribution >= 0.6 is 15.6 Å². The summed E-state index contributed by atoms with van der Waals surface area (Å²) in [5.41, 5.74) is 0. The number of hydrogen-bond acceptors (Lipinski definition) is 15. The van der Waals surface area contributed by atoms with Crippen LogP contribution in [0.15, 0.2) is 0 Å². The van der Waals surface area contributed by atoms with E-state index in [2.05, 4.69) is 34.6 Å². The van der Waals surface area contributed by atoms with Gasteiger partial charge in [0.2, 0.25) is 0 Å². The van der Waals surface area contributed by atoms with Crippen molar-refractivity contribution < 1.29 is 80.2 Å². The molecule has 0 aromatic rings. The lowest BCUT2D eigenvalue weighted by molar-refractivity contribution is -0.161. The number of phosphoric ester groups is 2. The van der Waals surface area contributed by atoms with Crippen molar-refractivity contribution in [1.29, 1.82) is 0 Å². The lowest BCUT2D eigenvalue weighted by Crippen LogP contribution is -2.30. The minimum Gasteiger partial charge on any atom is -0.462 e. The van der Waals surface area contributed by atoms with Crippen LogP contribution in [0.5, 0.6) is 0 Å². The van der Waals surface area contributed by atoms with Gasteiger partial charge < -0.3 is 33.8 Å². The van der Waals surface area contributed by atoms with Gasteiger partial charge in [0.05, 0.1) is 26.4 Å². The second-order valence-electron chi connectivity index (χ2n) is 27.5. The van der Waals surface area contributed by atoms with E-state index in [0.29, 0.717) is 25.7 Å². The molecule has 0 aliphatic carbocycles. The number of unbranched alkanes of at least 4 members (excludes halogenated alkanes) is 47. The van der Waals surface area contributed by atoms with Crippen molar-refractivity contribution in [3.05, 3.63) is 0 Å². The Morgan fingerprint density at radius 2 is 0.489 bits per heavy atom. The number of ether oxygens (including phenoxy) is 4. The van der Waals surface area contributed by atoms with Crippen molar-refractivity contribution in [3.8, 4) is 0 Å². The number of aliphatic hydroxyl groups excluding tert-OH is 1. The largest absolute Gasteiger partial charge is 0.472 e. The quantitative estimate of drug-likeness (QED) is 0.0222. The highest BCUT2D eigenvalue weighted by Gasteiger charge is 2.30. The number of carbonyl (C=O) groups excluding carboxylic acids is 4. The maximum absolute atomic E-state index is 13.1. The van der Waals surface area contributed by atoms with Gasteiger partial charge in [-0.2, -0.15) is 0 Å². The molecule has 558 valence electrons. The van der Waals surface area contributed by atoms with Crippen LogP contribution in [0.1, 0.15) is 394 Å². The zero-order valence-electron chi connectivity index (χ0n) is 61.1. The molecule has 0 aromatic heterocycles. The maximum atomic E-state index is 13.1. The van der Waals surface area contributed by atoms with Crippen LogP contribution < -0.4 is 0 Å². The van der Waals surface area contributed by atoms with Gasteiger partial charge in [0.15, 0.2) is 12.2 Å². The summed E-state index contributed by atoms with van der Waals surface area (Å²) < 4.78 is 68.4. The molecule has 5 atom stereocenters. The molecule has 0 bridgehead atoms. The highest BCUT2D eigenvalue weighted by molar-refractivity contribution is 7.47. The van der Waals surface area contributed by atoms with Crippen molar-refractivity contribution in [2.24, 2.45) is 5.92 Å². The van der Waals surface area contributed by atoms with Gasteiger partial charge in [0, 0.05) is 25.7 Å². The summed E-state index contributed by atoms with van der Waals surface area (Å²) in [6, 6.07) is 0. The molecule has 0 spiro atoms. The van der Waals surface area contributed by atoms with Gasteiger partial charge in [-0.15, -0.1) is 0 Å². The highest BCUT2D eigenvalue weighted by Crippen LogP contribution is 2.45. The molecule has 0 radical (unpaired) electrons. The van der Waals surface area contributed by atoms with Gasteiger partial charge in [-0.05, 0) is 31.6 Å². The molecule has 0 aromatic carbocycles. The summed E-state index contributed by atoms with van der Waals surface area (Å²) in [4.78, 5) is 72.7. The third kappa shape index (κ3) is 68.6. The number of phosphoric acid groups is 2. The summed E-state index contributed by atoms with van der Waals surface area (Å²) in [6.45, 7) is 7.26. The molecule has 0 aliphatic heterocycles. The highest BCUT2D eigenvalue weighted by atomic mass is 31.2. The van der Waals surface area contributed by atoms with E-state index in [9.17, 15) is 43.2 Å². The summed E-state index contributed by atoms with van der Waals surface area (Å²) in [6.07, 6.45) is 56.9. The monoisotopic (exact) mass is 1380 g/mol. The first-order chi connectivity index (χ1) is 45.5. The second kappa shape index (κ2) is 68.2. The molecule has 94 heavy (non-hydrogen) atoms. The Morgan fingerprint density at radius 1 is 0.287 bits per heavy atom. The van der Waals surface area contributed by atoms with E-state index in [1.807, 2.05) is 0 Å². The van der Waals surface area contributed by atoms with Gasteiger partial charge in [-0.25, -0.2) is 9.13 Å². The Labute approximate surface area is 575 Å². The molecule has 0 rings (SSSR count). The van der Waals surface area contributed by atoms with E-state index in [0.717, 1.165) is 95.8 Å². The number of hydrogen-bond donors (Lipinski definition) is 3. The lowest BCUT2D eigenvalue weighted by atomic mass is 10.0. The lowest BCUT2D eigenvalue weighted by Gasteiger charge is -2.21. The summed E-state index contributed by atoms with van der Waals surface area (Å²) >= 11 is 0. The van der Waals surface area contributed by atoms with Crippen molar-refractivity contribution in [1.82, 2.24) is 0 Å². The van der Waals surface area contributed by atoms with E-state index in [4.69, 9.17) is 37.0 Å². The third-order valence-corrected chi connectivity index (χ3v) is 19.4. The average molecular weight is 1380 g/mol. The summed E-state index contributed by atoms with van der Waals surface area (Å²) in [5, 5.41) is 10.6. The van der Waals surface area contributed by atoms with Gasteiger partial charge in [-0.3, -0.25) is 37.3 Å². The Balaban J connectivity index is 5.20. The van der Waals surface area contributed by atoms with Crippen molar-refractivity contribution >= 4 is 39.5 Å². The Morgan fingerprint density at radius 3 is 0.723 bits per heavy atom. The van der Waals surface area contributed by atoms with Crippen LogP contribution in [-0.2, 0) is 65.4 Å². The molecule has 2 unspecified atom stereocenters. The predicted molar refractivity (Wildman–Crippen MR) is 382 cm³/mol. The fourth-order valence-electron chi connectivity index (χ4n) is 11.5. The Hall–Kier alpha value is -1.94. The van der Waals surface area contributed by atoms with Crippen LogP contribution in [0, 0.1) is 5.92 Å². The average Bonchev–Trinajstić information content (AvgIpc) is 1.39. The molecule has 17 nitrogen and oxygen atoms in total. The summed E-state index contributed by atoms with van der Waals surface area (Å²) in [5.74, 6) is -1.36. The Kier molecular flexibility index (Phi) is 66.8. The second-order valence-corrected chi connectivity index (χ2v) is 30.4.